The molecule has 4 rings (SSSR count). The van der Waals surface area contributed by atoms with Crippen LogP contribution in [0.1, 0.15) is 39.3 Å². The maximum absolute atomic E-state index is 14.3. The molecule has 0 aliphatic heterocycles. The summed E-state index contributed by atoms with van der Waals surface area (Å²) in [5, 5.41) is 11.4. The number of carbonyl (C=O) groups excluding carboxylic acids is 2. The van der Waals surface area contributed by atoms with Crippen LogP contribution in [-0.2, 0) is 16.1 Å². The molecule has 3 aromatic carbocycles. The van der Waals surface area contributed by atoms with E-state index >= 15 is 0 Å². The van der Waals surface area contributed by atoms with Gasteiger partial charge in [-0.15, -0.1) is 5.10 Å². The number of aromatic nitrogens is 3. The van der Waals surface area contributed by atoms with Crippen molar-refractivity contribution in [3.63, 3.8) is 0 Å². The summed E-state index contributed by atoms with van der Waals surface area (Å²) in [6.45, 7) is 7.92. The normalized spacial score (nSPS) is 12.1. The van der Waals surface area contributed by atoms with Crippen molar-refractivity contribution in [2.75, 3.05) is 25.7 Å². The third-order valence-corrected chi connectivity index (χ3v) is 6.13. The Bertz CT molecular complexity index is 1480. The molecule has 0 bridgehead atoms. The minimum absolute atomic E-state index is 0.161. The highest BCUT2D eigenvalue weighted by molar-refractivity contribution is 6.02. The summed E-state index contributed by atoms with van der Waals surface area (Å²) in [6.07, 6.45) is 0. The Morgan fingerprint density at radius 3 is 2.33 bits per heavy atom. The number of hydrogen-bond acceptors (Lipinski definition) is 7. The fourth-order valence-electron chi connectivity index (χ4n) is 4.41. The topological polar surface area (TPSA) is 108 Å². The monoisotopic (exact) mass is 545 g/mol. The molecule has 0 unspecified atom stereocenters. The Morgan fingerprint density at radius 1 is 0.975 bits per heavy atom. The standard InChI is InChI=1S/C30H35N5O5/c1-7-40-21-14-12-20(13-15-21)28(29(37)31-30(2,3)4)35(25-17-16-22(38-5)18-26(25)39-6)27(36)19-34-24-11-9-8-10-23(24)32-33-34/h8-18,28H,7,19H2,1-6H3,(H,31,37)/t28-/m0/s1. The molecule has 2 amide bonds. The minimum Gasteiger partial charge on any atom is -0.497 e. The van der Waals surface area contributed by atoms with Crippen LogP contribution in [0.3, 0.4) is 0 Å². The average molecular weight is 546 g/mol. The van der Waals surface area contributed by atoms with Crippen molar-refractivity contribution in [2.45, 2.75) is 45.8 Å². The van der Waals surface area contributed by atoms with E-state index in [4.69, 9.17) is 14.2 Å². The predicted molar refractivity (Wildman–Crippen MR) is 153 cm³/mol. The molecule has 0 radical (unpaired) electrons. The summed E-state index contributed by atoms with van der Waals surface area (Å²) in [5.74, 6) is 0.839. The first kappa shape index (κ1) is 28.4. The molecule has 0 aliphatic carbocycles. The maximum Gasteiger partial charge on any atom is 0.249 e. The summed E-state index contributed by atoms with van der Waals surface area (Å²) in [7, 11) is 3.06. The Hall–Kier alpha value is -4.60. The Kier molecular flexibility index (Phi) is 8.57. The lowest BCUT2D eigenvalue weighted by molar-refractivity contribution is -0.128. The number of nitrogens with zero attached hydrogens (tertiary/aromatic N) is 4. The van der Waals surface area contributed by atoms with Gasteiger partial charge in [0.15, 0.2) is 0 Å². The highest BCUT2D eigenvalue weighted by Gasteiger charge is 2.36. The van der Waals surface area contributed by atoms with Gasteiger partial charge >= 0.3 is 0 Å². The van der Waals surface area contributed by atoms with Gasteiger partial charge in [0.25, 0.3) is 0 Å². The van der Waals surface area contributed by atoms with E-state index in [0.717, 1.165) is 0 Å². The van der Waals surface area contributed by atoms with Crippen LogP contribution >= 0.6 is 0 Å². The van der Waals surface area contributed by atoms with Crippen molar-refractivity contribution in [3.8, 4) is 17.2 Å². The van der Waals surface area contributed by atoms with Crippen LogP contribution in [0.15, 0.2) is 66.7 Å². The van der Waals surface area contributed by atoms with Gasteiger partial charge in [-0.1, -0.05) is 29.5 Å². The number of fused-ring (bicyclic) bond motifs is 1. The Balaban J connectivity index is 1.87. The summed E-state index contributed by atoms with van der Waals surface area (Å²) in [5.41, 5.74) is 1.81. The molecule has 0 aliphatic rings. The van der Waals surface area contributed by atoms with Crippen LogP contribution in [0.4, 0.5) is 5.69 Å². The lowest BCUT2D eigenvalue weighted by atomic mass is 10.00. The number of methoxy groups -OCH3 is 2. The summed E-state index contributed by atoms with van der Waals surface area (Å²) in [4.78, 5) is 29.7. The highest BCUT2D eigenvalue weighted by atomic mass is 16.5. The SMILES string of the molecule is CCOc1ccc([C@@H](C(=O)NC(C)(C)C)N(C(=O)Cn2nnc3ccccc32)c2ccc(OC)cc2OC)cc1. The van der Waals surface area contributed by atoms with Gasteiger partial charge in [0.05, 0.1) is 32.0 Å². The molecule has 40 heavy (non-hydrogen) atoms. The smallest absolute Gasteiger partial charge is 0.249 e. The molecular weight excluding hydrogens is 510 g/mol. The van der Waals surface area contributed by atoms with Gasteiger partial charge in [-0.3, -0.25) is 14.5 Å². The molecule has 1 heterocycles. The van der Waals surface area contributed by atoms with Crippen molar-refractivity contribution in [1.82, 2.24) is 20.3 Å². The molecule has 1 N–H and O–H groups in total. The highest BCUT2D eigenvalue weighted by Crippen LogP contribution is 2.38. The maximum atomic E-state index is 14.3. The molecule has 4 aromatic rings. The molecule has 1 aromatic heterocycles. The lowest BCUT2D eigenvalue weighted by Gasteiger charge is -2.34. The largest absolute Gasteiger partial charge is 0.497 e. The molecule has 10 nitrogen and oxygen atoms in total. The van der Waals surface area contributed by atoms with Crippen LogP contribution in [0.5, 0.6) is 17.2 Å². The van der Waals surface area contributed by atoms with E-state index in [0.29, 0.717) is 46.1 Å². The van der Waals surface area contributed by atoms with Crippen molar-refractivity contribution < 1.29 is 23.8 Å². The number of ether oxygens (including phenoxy) is 3. The summed E-state index contributed by atoms with van der Waals surface area (Å²) in [6, 6.07) is 18.6. The van der Waals surface area contributed by atoms with Crippen LogP contribution in [0, 0.1) is 0 Å². The van der Waals surface area contributed by atoms with E-state index in [2.05, 4.69) is 15.6 Å². The van der Waals surface area contributed by atoms with Gasteiger partial charge in [0.2, 0.25) is 11.8 Å². The first-order chi connectivity index (χ1) is 19.1. The van der Waals surface area contributed by atoms with E-state index in [1.165, 1.54) is 16.7 Å². The van der Waals surface area contributed by atoms with E-state index < -0.39 is 11.6 Å². The van der Waals surface area contributed by atoms with Gasteiger partial charge in [-0.25, -0.2) is 4.68 Å². The third-order valence-electron chi connectivity index (χ3n) is 6.13. The first-order valence-electron chi connectivity index (χ1n) is 13.0. The number of nitrogens with one attached hydrogen (secondary N) is 1. The van der Waals surface area contributed by atoms with Crippen molar-refractivity contribution >= 4 is 28.5 Å². The molecular formula is C30H35N5O5. The molecule has 1 atom stereocenters. The second kappa shape index (κ2) is 12.1. The minimum atomic E-state index is -1.04. The van der Waals surface area contributed by atoms with Gasteiger partial charge < -0.3 is 19.5 Å². The molecule has 0 saturated carbocycles. The van der Waals surface area contributed by atoms with E-state index in [1.54, 1.807) is 49.6 Å². The average Bonchev–Trinajstić information content (AvgIpc) is 3.33. The number of anilines is 1. The number of benzene rings is 3. The summed E-state index contributed by atoms with van der Waals surface area (Å²) < 4.78 is 18.2. The lowest BCUT2D eigenvalue weighted by Crippen LogP contribution is -2.50. The van der Waals surface area contributed by atoms with Gasteiger partial charge in [0, 0.05) is 11.6 Å². The Morgan fingerprint density at radius 2 is 1.68 bits per heavy atom. The quantitative estimate of drug-likeness (QED) is 0.312. The predicted octanol–water partition coefficient (Wildman–Crippen LogP) is 4.54. The molecule has 0 fully saturated rings. The number of amides is 2. The van der Waals surface area contributed by atoms with Crippen LogP contribution in [0.25, 0.3) is 11.0 Å². The second-order valence-electron chi connectivity index (χ2n) is 10.2. The molecule has 210 valence electrons. The van der Waals surface area contributed by atoms with E-state index in [9.17, 15) is 9.59 Å². The second-order valence-corrected chi connectivity index (χ2v) is 10.2. The zero-order valence-corrected chi connectivity index (χ0v) is 23.7. The zero-order valence-electron chi connectivity index (χ0n) is 23.7. The van der Waals surface area contributed by atoms with Gasteiger partial charge in [0.1, 0.15) is 35.4 Å². The number of hydrogen-bond donors (Lipinski definition) is 1. The third kappa shape index (κ3) is 6.33. The van der Waals surface area contributed by atoms with Crippen LogP contribution in [-0.4, -0.2) is 53.2 Å². The fraction of sp³-hybridized carbons (Fsp3) is 0.333. The Labute approximate surface area is 233 Å². The zero-order chi connectivity index (χ0) is 28.9. The number of para-hydroxylation sites is 1. The van der Waals surface area contributed by atoms with Crippen LogP contribution in [0.2, 0.25) is 0 Å². The molecule has 0 spiro atoms. The van der Waals surface area contributed by atoms with Crippen molar-refractivity contribution in [2.24, 2.45) is 0 Å². The van der Waals surface area contributed by atoms with Gasteiger partial charge in [-0.2, -0.15) is 0 Å². The summed E-state index contributed by atoms with van der Waals surface area (Å²) >= 11 is 0. The first-order valence-corrected chi connectivity index (χ1v) is 13.0. The van der Waals surface area contributed by atoms with Crippen LogP contribution < -0.4 is 24.4 Å². The molecule has 0 saturated heterocycles. The van der Waals surface area contributed by atoms with Gasteiger partial charge in [-0.05, 0) is 69.7 Å². The number of carbonyl (C=O) groups is 2. The van der Waals surface area contributed by atoms with Crippen molar-refractivity contribution in [1.29, 1.82) is 0 Å². The fourth-order valence-corrected chi connectivity index (χ4v) is 4.41. The molecule has 10 heteroatoms. The number of rotatable bonds is 10. The van der Waals surface area contributed by atoms with Crippen molar-refractivity contribution in [3.05, 3.63) is 72.3 Å². The van der Waals surface area contributed by atoms with E-state index in [-0.39, 0.29) is 18.4 Å². The van der Waals surface area contributed by atoms with E-state index in [1.807, 2.05) is 52.0 Å².